The third-order valence-corrected chi connectivity index (χ3v) is 6.18. The number of carbonyl (C=O) groups excluding carboxylic acids is 2. The van der Waals surface area contributed by atoms with Crippen LogP contribution in [0.15, 0.2) is 24.3 Å². The molecule has 4 amide bonds. The van der Waals surface area contributed by atoms with E-state index in [2.05, 4.69) is 15.5 Å². The number of urea groups is 2. The van der Waals surface area contributed by atoms with Crippen LogP contribution < -0.4 is 10.6 Å². The van der Waals surface area contributed by atoms with Crippen LogP contribution in [0, 0.1) is 5.82 Å². The fourth-order valence-electron chi connectivity index (χ4n) is 4.28. The molecule has 1 aliphatic carbocycles. The molecule has 31 heavy (non-hydrogen) atoms. The molecule has 7 nitrogen and oxygen atoms in total. The molecule has 0 atom stereocenters. The van der Waals surface area contributed by atoms with Crippen molar-refractivity contribution in [3.8, 4) is 0 Å². The van der Waals surface area contributed by atoms with Gasteiger partial charge in [-0.15, -0.1) is 0 Å². The summed E-state index contributed by atoms with van der Waals surface area (Å²) in [5, 5.41) is 6.05. The molecule has 0 radical (unpaired) electrons. The number of rotatable bonds is 7. The molecule has 0 bridgehead atoms. The molecular formula is C23H36FN5O2. The minimum Gasteiger partial charge on any atom is -0.338 e. The largest absolute Gasteiger partial charge is 0.338 e. The third-order valence-electron chi connectivity index (χ3n) is 6.18. The molecule has 8 heteroatoms. The first-order chi connectivity index (χ1) is 15.0. The van der Waals surface area contributed by atoms with E-state index in [0.717, 1.165) is 38.0 Å². The van der Waals surface area contributed by atoms with Crippen LogP contribution >= 0.6 is 0 Å². The van der Waals surface area contributed by atoms with E-state index in [9.17, 15) is 14.0 Å². The normalized spacial score (nSPS) is 17.9. The van der Waals surface area contributed by atoms with Gasteiger partial charge in [-0.1, -0.05) is 31.4 Å². The van der Waals surface area contributed by atoms with E-state index in [1.807, 2.05) is 16.7 Å². The predicted molar refractivity (Wildman–Crippen MR) is 119 cm³/mol. The first-order valence-electron chi connectivity index (χ1n) is 11.6. The van der Waals surface area contributed by atoms with E-state index >= 15 is 0 Å². The summed E-state index contributed by atoms with van der Waals surface area (Å²) in [6.07, 6.45) is 5.65. The van der Waals surface area contributed by atoms with Gasteiger partial charge in [0.15, 0.2) is 0 Å². The van der Waals surface area contributed by atoms with E-state index < -0.39 is 0 Å². The Morgan fingerprint density at radius 1 is 1.06 bits per heavy atom. The number of amides is 4. The second kappa shape index (κ2) is 11.9. The van der Waals surface area contributed by atoms with Crippen molar-refractivity contribution in [1.82, 2.24) is 25.3 Å². The summed E-state index contributed by atoms with van der Waals surface area (Å²) in [4.78, 5) is 31.0. The molecule has 1 saturated heterocycles. The Hall–Kier alpha value is -2.35. The summed E-state index contributed by atoms with van der Waals surface area (Å²) in [6, 6.07) is 6.55. The molecule has 0 unspecified atom stereocenters. The lowest BCUT2D eigenvalue weighted by Gasteiger charge is -2.36. The topological polar surface area (TPSA) is 67.9 Å². The van der Waals surface area contributed by atoms with Crippen molar-refractivity contribution in [2.45, 2.75) is 51.6 Å². The molecule has 1 saturated carbocycles. The molecular weight excluding hydrogens is 397 g/mol. The van der Waals surface area contributed by atoms with E-state index in [1.165, 1.54) is 31.4 Å². The molecule has 1 aromatic carbocycles. The van der Waals surface area contributed by atoms with Gasteiger partial charge in [-0.05, 0) is 37.5 Å². The minimum absolute atomic E-state index is 0.00746. The van der Waals surface area contributed by atoms with E-state index in [-0.39, 0.29) is 23.9 Å². The van der Waals surface area contributed by atoms with Crippen molar-refractivity contribution in [1.29, 1.82) is 0 Å². The number of carbonyl (C=O) groups is 2. The SMILES string of the molecule is CCNC(=O)N1CCN(CCN(Cc2ccc(F)cc2)C(=O)NC2CCCCC2)CC1. The van der Waals surface area contributed by atoms with Gasteiger partial charge in [-0.25, -0.2) is 14.0 Å². The Labute approximate surface area is 184 Å². The highest BCUT2D eigenvalue weighted by molar-refractivity contribution is 5.75. The van der Waals surface area contributed by atoms with Crippen LogP contribution in [0.2, 0.25) is 0 Å². The zero-order valence-electron chi connectivity index (χ0n) is 18.6. The monoisotopic (exact) mass is 433 g/mol. The fourth-order valence-corrected chi connectivity index (χ4v) is 4.28. The lowest BCUT2D eigenvalue weighted by Crippen LogP contribution is -2.53. The van der Waals surface area contributed by atoms with E-state index in [4.69, 9.17) is 0 Å². The molecule has 1 heterocycles. The Morgan fingerprint density at radius 2 is 1.74 bits per heavy atom. The standard InChI is InChI=1S/C23H36FN5O2/c1-2-25-22(30)28-15-12-27(13-16-28)14-17-29(18-19-8-10-20(24)11-9-19)23(31)26-21-6-4-3-5-7-21/h8-11,21H,2-7,12-18H2,1H3,(H,25,30)(H,26,31). The van der Waals surface area contributed by atoms with Gasteiger partial charge in [0.1, 0.15) is 5.82 Å². The fraction of sp³-hybridized carbons (Fsp3) is 0.652. The van der Waals surface area contributed by atoms with Crippen molar-refractivity contribution in [2.24, 2.45) is 0 Å². The summed E-state index contributed by atoms with van der Waals surface area (Å²) >= 11 is 0. The summed E-state index contributed by atoms with van der Waals surface area (Å²) in [7, 11) is 0. The molecule has 1 aromatic rings. The maximum atomic E-state index is 13.3. The summed E-state index contributed by atoms with van der Waals surface area (Å²) < 4.78 is 13.3. The van der Waals surface area contributed by atoms with Gasteiger partial charge in [0.05, 0.1) is 0 Å². The highest BCUT2D eigenvalue weighted by Gasteiger charge is 2.23. The minimum atomic E-state index is -0.271. The lowest BCUT2D eigenvalue weighted by molar-refractivity contribution is 0.127. The average molecular weight is 434 g/mol. The Morgan fingerprint density at radius 3 is 2.39 bits per heavy atom. The lowest BCUT2D eigenvalue weighted by atomic mass is 9.96. The highest BCUT2D eigenvalue weighted by atomic mass is 19.1. The van der Waals surface area contributed by atoms with Crippen LogP contribution in [0.1, 0.15) is 44.6 Å². The van der Waals surface area contributed by atoms with Crippen molar-refractivity contribution in [3.63, 3.8) is 0 Å². The Kier molecular flexibility index (Phi) is 8.94. The Balaban J connectivity index is 1.54. The molecule has 3 rings (SSSR count). The van der Waals surface area contributed by atoms with Crippen LogP contribution in [0.4, 0.5) is 14.0 Å². The second-order valence-electron chi connectivity index (χ2n) is 8.50. The zero-order valence-corrected chi connectivity index (χ0v) is 18.6. The first kappa shape index (κ1) is 23.3. The van der Waals surface area contributed by atoms with Gasteiger partial charge in [0.25, 0.3) is 0 Å². The first-order valence-corrected chi connectivity index (χ1v) is 11.6. The number of nitrogens with zero attached hydrogens (tertiary/aromatic N) is 3. The summed E-state index contributed by atoms with van der Waals surface area (Å²) in [6.45, 7) is 7.33. The number of hydrogen-bond donors (Lipinski definition) is 2. The number of benzene rings is 1. The maximum Gasteiger partial charge on any atom is 0.317 e. The number of nitrogens with one attached hydrogen (secondary N) is 2. The molecule has 0 spiro atoms. The molecule has 0 aromatic heterocycles. The molecule has 1 aliphatic heterocycles. The summed E-state index contributed by atoms with van der Waals surface area (Å²) in [5.41, 5.74) is 0.918. The highest BCUT2D eigenvalue weighted by Crippen LogP contribution is 2.18. The molecule has 172 valence electrons. The molecule has 2 aliphatic rings. The maximum absolute atomic E-state index is 13.3. The molecule has 2 fully saturated rings. The van der Waals surface area contributed by atoms with E-state index in [0.29, 0.717) is 32.7 Å². The van der Waals surface area contributed by atoms with Crippen LogP contribution in [0.3, 0.4) is 0 Å². The van der Waals surface area contributed by atoms with Crippen molar-refractivity contribution in [2.75, 3.05) is 45.8 Å². The van der Waals surface area contributed by atoms with Gasteiger partial charge in [-0.3, -0.25) is 4.90 Å². The number of hydrogen-bond acceptors (Lipinski definition) is 3. The van der Waals surface area contributed by atoms with Gasteiger partial charge >= 0.3 is 12.1 Å². The van der Waals surface area contributed by atoms with Gasteiger partial charge < -0.3 is 20.4 Å². The number of halogens is 1. The average Bonchev–Trinajstić information content (AvgIpc) is 2.79. The van der Waals surface area contributed by atoms with Crippen LogP contribution in [-0.2, 0) is 6.54 Å². The van der Waals surface area contributed by atoms with Crippen LogP contribution in [-0.4, -0.2) is 78.6 Å². The van der Waals surface area contributed by atoms with Gasteiger partial charge in [-0.2, -0.15) is 0 Å². The summed E-state index contributed by atoms with van der Waals surface area (Å²) in [5.74, 6) is -0.271. The number of piperazine rings is 1. The smallest absolute Gasteiger partial charge is 0.317 e. The van der Waals surface area contributed by atoms with E-state index in [1.54, 1.807) is 12.1 Å². The Bertz CT molecular complexity index is 700. The van der Waals surface area contributed by atoms with Crippen LogP contribution in [0.25, 0.3) is 0 Å². The third kappa shape index (κ3) is 7.38. The van der Waals surface area contributed by atoms with Gasteiger partial charge in [0.2, 0.25) is 0 Å². The van der Waals surface area contributed by atoms with Crippen LogP contribution in [0.5, 0.6) is 0 Å². The van der Waals surface area contributed by atoms with Crippen molar-refractivity contribution in [3.05, 3.63) is 35.6 Å². The zero-order chi connectivity index (χ0) is 22.1. The van der Waals surface area contributed by atoms with Crippen molar-refractivity contribution < 1.29 is 14.0 Å². The molecule has 2 N–H and O–H groups in total. The van der Waals surface area contributed by atoms with Gasteiger partial charge in [0, 0.05) is 58.4 Å². The predicted octanol–water partition coefficient (Wildman–Crippen LogP) is 3.02. The van der Waals surface area contributed by atoms with Crippen molar-refractivity contribution >= 4 is 12.1 Å². The quantitative estimate of drug-likeness (QED) is 0.695. The second-order valence-corrected chi connectivity index (χ2v) is 8.50.